The Hall–Kier alpha value is -2.99. The quantitative estimate of drug-likeness (QED) is 0.658. The molecule has 0 radical (unpaired) electrons. The van der Waals surface area contributed by atoms with Gasteiger partial charge in [-0.25, -0.2) is 9.97 Å². The highest BCUT2D eigenvalue weighted by Gasteiger charge is 2.14. The zero-order chi connectivity index (χ0) is 18.5. The van der Waals surface area contributed by atoms with Crippen molar-refractivity contribution in [3.8, 4) is 5.75 Å². The van der Waals surface area contributed by atoms with E-state index in [0.717, 1.165) is 11.1 Å². The van der Waals surface area contributed by atoms with E-state index in [4.69, 9.17) is 9.47 Å². The first-order valence-electron chi connectivity index (χ1n) is 8.30. The fourth-order valence-corrected chi connectivity index (χ4v) is 2.52. The van der Waals surface area contributed by atoms with Crippen molar-refractivity contribution >= 4 is 11.5 Å². The molecule has 0 saturated carbocycles. The molecule has 6 heteroatoms. The number of rotatable bonds is 5. The van der Waals surface area contributed by atoms with E-state index in [1.165, 1.54) is 19.3 Å². The van der Waals surface area contributed by atoms with Crippen LogP contribution in [-0.4, -0.2) is 27.1 Å². The Kier molecular flexibility index (Phi) is 5.43. The number of aliphatic hydroxyl groups is 1. The smallest absolute Gasteiger partial charge is 0.303 e. The van der Waals surface area contributed by atoms with Crippen LogP contribution in [0.3, 0.4) is 0 Å². The molecule has 0 amide bonds. The molecule has 0 spiro atoms. The van der Waals surface area contributed by atoms with Crippen molar-refractivity contribution in [1.29, 1.82) is 0 Å². The Morgan fingerprint density at radius 1 is 1.23 bits per heavy atom. The van der Waals surface area contributed by atoms with Gasteiger partial charge in [0.15, 0.2) is 11.6 Å². The number of aliphatic hydroxyl groups excluding tert-OH is 1. The number of carbonyl (C=O) groups is 1. The van der Waals surface area contributed by atoms with E-state index in [0.29, 0.717) is 23.6 Å². The average Bonchev–Trinajstić information content (AvgIpc) is 2.63. The van der Waals surface area contributed by atoms with Gasteiger partial charge in [-0.2, -0.15) is 0 Å². The summed E-state index contributed by atoms with van der Waals surface area (Å²) in [7, 11) is 0. The summed E-state index contributed by atoms with van der Waals surface area (Å²) in [4.78, 5) is 19.5. The Balaban J connectivity index is 1.62. The second-order valence-electron chi connectivity index (χ2n) is 6.03. The van der Waals surface area contributed by atoms with Crippen LogP contribution in [0.4, 0.5) is 0 Å². The second kappa shape index (κ2) is 7.93. The predicted octanol–water partition coefficient (Wildman–Crippen LogP) is 3.13. The fourth-order valence-electron chi connectivity index (χ4n) is 2.52. The zero-order valence-electron chi connectivity index (χ0n) is 14.6. The van der Waals surface area contributed by atoms with Gasteiger partial charge in [-0.15, -0.1) is 0 Å². The number of aryl methyl sites for hydroxylation is 1. The Labute approximate surface area is 151 Å². The van der Waals surface area contributed by atoms with Gasteiger partial charge >= 0.3 is 5.97 Å². The first-order chi connectivity index (χ1) is 12.5. The minimum atomic E-state index is -1.08. The van der Waals surface area contributed by atoms with Gasteiger partial charge in [0.25, 0.3) is 0 Å². The SMILES string of the molecule is CC(=O)OC1C=CC(c2ncc(OC(O)c3ccc(C)cc3)cn2)=CC1. The molecule has 1 aromatic carbocycles. The number of allylic oxidation sites excluding steroid dienone is 2. The third kappa shape index (κ3) is 4.55. The van der Waals surface area contributed by atoms with E-state index < -0.39 is 6.29 Å². The van der Waals surface area contributed by atoms with Crippen LogP contribution in [0.1, 0.15) is 36.6 Å². The monoisotopic (exact) mass is 352 g/mol. The Bertz CT molecular complexity index is 826. The molecule has 134 valence electrons. The van der Waals surface area contributed by atoms with Crippen LogP contribution in [0.5, 0.6) is 5.75 Å². The molecule has 3 rings (SSSR count). The van der Waals surface area contributed by atoms with Crippen LogP contribution in [0.2, 0.25) is 0 Å². The van der Waals surface area contributed by atoms with Gasteiger partial charge in [0.1, 0.15) is 6.10 Å². The lowest BCUT2D eigenvalue weighted by molar-refractivity contribution is -0.144. The van der Waals surface area contributed by atoms with Crippen LogP contribution in [0, 0.1) is 6.92 Å². The standard InChI is InChI=1S/C20H20N2O4/c1-13-3-5-16(6-4-13)20(24)26-18-11-21-19(22-12-18)15-7-9-17(10-8-15)25-14(2)23/h3-9,11-12,17,20,24H,10H2,1-2H3. The van der Waals surface area contributed by atoms with Gasteiger partial charge in [0.05, 0.1) is 12.4 Å². The average molecular weight is 352 g/mol. The van der Waals surface area contributed by atoms with E-state index in [1.807, 2.05) is 49.4 Å². The van der Waals surface area contributed by atoms with Gasteiger partial charge in [0, 0.05) is 24.5 Å². The molecule has 1 aliphatic carbocycles. The molecule has 2 unspecified atom stereocenters. The van der Waals surface area contributed by atoms with Gasteiger partial charge in [-0.3, -0.25) is 4.79 Å². The highest BCUT2D eigenvalue weighted by molar-refractivity contribution is 5.71. The second-order valence-corrected chi connectivity index (χ2v) is 6.03. The molecule has 0 bridgehead atoms. The summed E-state index contributed by atoms with van der Waals surface area (Å²) in [6.45, 7) is 3.37. The molecule has 1 aromatic heterocycles. The van der Waals surface area contributed by atoms with Crippen molar-refractivity contribution in [2.75, 3.05) is 0 Å². The first kappa shape index (κ1) is 17.8. The molecule has 0 saturated heterocycles. The number of benzene rings is 1. The number of aromatic nitrogens is 2. The minimum absolute atomic E-state index is 0.247. The maximum atomic E-state index is 11.0. The molecule has 1 N–H and O–H groups in total. The molecule has 2 atom stereocenters. The summed E-state index contributed by atoms with van der Waals surface area (Å²) in [6, 6.07) is 7.44. The van der Waals surface area contributed by atoms with Crippen LogP contribution in [0.25, 0.3) is 5.57 Å². The van der Waals surface area contributed by atoms with E-state index in [-0.39, 0.29) is 12.1 Å². The van der Waals surface area contributed by atoms with Crippen LogP contribution >= 0.6 is 0 Å². The van der Waals surface area contributed by atoms with Crippen molar-refractivity contribution < 1.29 is 19.4 Å². The van der Waals surface area contributed by atoms with Gasteiger partial charge in [0.2, 0.25) is 6.29 Å². The highest BCUT2D eigenvalue weighted by atomic mass is 16.6. The van der Waals surface area contributed by atoms with Crippen molar-refractivity contribution in [1.82, 2.24) is 9.97 Å². The van der Waals surface area contributed by atoms with E-state index >= 15 is 0 Å². The van der Waals surface area contributed by atoms with E-state index in [2.05, 4.69) is 9.97 Å². The largest absolute Gasteiger partial charge is 0.458 e. The molecule has 1 heterocycles. The number of nitrogens with zero attached hydrogens (tertiary/aromatic N) is 2. The van der Waals surface area contributed by atoms with E-state index in [1.54, 1.807) is 0 Å². The van der Waals surface area contributed by atoms with Gasteiger partial charge in [-0.05, 0) is 13.0 Å². The molecule has 0 aliphatic heterocycles. The van der Waals surface area contributed by atoms with Crippen molar-refractivity contribution in [3.05, 3.63) is 71.8 Å². The van der Waals surface area contributed by atoms with Crippen molar-refractivity contribution in [3.63, 3.8) is 0 Å². The third-order valence-electron chi connectivity index (χ3n) is 3.87. The van der Waals surface area contributed by atoms with E-state index in [9.17, 15) is 9.90 Å². The maximum Gasteiger partial charge on any atom is 0.303 e. The number of hydrogen-bond acceptors (Lipinski definition) is 6. The number of carbonyl (C=O) groups excluding carboxylic acids is 1. The molecule has 1 aliphatic rings. The number of hydrogen-bond donors (Lipinski definition) is 1. The van der Waals surface area contributed by atoms with Gasteiger partial charge < -0.3 is 14.6 Å². The summed E-state index contributed by atoms with van der Waals surface area (Å²) < 4.78 is 10.6. The van der Waals surface area contributed by atoms with Crippen molar-refractivity contribution in [2.45, 2.75) is 32.7 Å². The summed E-state index contributed by atoms with van der Waals surface area (Å²) in [6.07, 6.45) is 7.86. The highest BCUT2D eigenvalue weighted by Crippen LogP contribution is 2.23. The molecule has 2 aromatic rings. The normalized spacial score (nSPS) is 17.3. The molecule has 0 fully saturated rings. The molecule has 6 nitrogen and oxygen atoms in total. The van der Waals surface area contributed by atoms with Crippen LogP contribution in [0.15, 0.2) is 54.9 Å². The van der Waals surface area contributed by atoms with Crippen LogP contribution in [-0.2, 0) is 9.53 Å². The summed E-state index contributed by atoms with van der Waals surface area (Å²) in [5, 5.41) is 10.1. The predicted molar refractivity (Wildman–Crippen MR) is 96.1 cm³/mol. The zero-order valence-corrected chi connectivity index (χ0v) is 14.6. The Morgan fingerprint density at radius 2 is 1.92 bits per heavy atom. The lowest BCUT2D eigenvalue weighted by Gasteiger charge is -2.16. The lowest BCUT2D eigenvalue weighted by Crippen LogP contribution is -2.15. The lowest BCUT2D eigenvalue weighted by atomic mass is 10.0. The number of ether oxygens (including phenoxy) is 2. The molecule has 26 heavy (non-hydrogen) atoms. The summed E-state index contributed by atoms with van der Waals surface area (Å²) >= 11 is 0. The summed E-state index contributed by atoms with van der Waals surface area (Å²) in [5.41, 5.74) is 2.62. The fraction of sp³-hybridized carbons (Fsp3) is 0.250. The Morgan fingerprint density at radius 3 is 2.50 bits per heavy atom. The molecular formula is C20H20N2O4. The minimum Gasteiger partial charge on any atom is -0.458 e. The van der Waals surface area contributed by atoms with Crippen molar-refractivity contribution in [2.24, 2.45) is 0 Å². The molecular weight excluding hydrogens is 332 g/mol. The number of esters is 1. The summed E-state index contributed by atoms with van der Waals surface area (Å²) in [5.74, 6) is 0.612. The van der Waals surface area contributed by atoms with Crippen LogP contribution < -0.4 is 4.74 Å². The first-order valence-corrected chi connectivity index (χ1v) is 8.30. The maximum absolute atomic E-state index is 11.0. The topological polar surface area (TPSA) is 81.5 Å². The van der Waals surface area contributed by atoms with Gasteiger partial charge in [-0.1, -0.05) is 42.0 Å². The third-order valence-corrected chi connectivity index (χ3v) is 3.87.